The number of ketones is 1. The molecule has 0 spiro atoms. The van der Waals surface area contributed by atoms with Crippen molar-refractivity contribution in [1.29, 1.82) is 0 Å². The Balaban J connectivity index is 2.28. The molecule has 0 heterocycles. The average Bonchev–Trinajstić information content (AvgIpc) is 2.33. The van der Waals surface area contributed by atoms with Crippen LogP contribution in [0.25, 0.3) is 0 Å². The molecule has 0 amide bonds. The van der Waals surface area contributed by atoms with Gasteiger partial charge in [-0.1, -0.05) is 23.7 Å². The SMILES string of the molecule is Cc1cc(Cl)cc(C(=O)Cc2cccc(F)c2F)c1. The first kappa shape index (κ1) is 13.7. The fourth-order valence-corrected chi connectivity index (χ4v) is 2.15. The van der Waals surface area contributed by atoms with Crippen molar-refractivity contribution < 1.29 is 13.6 Å². The summed E-state index contributed by atoms with van der Waals surface area (Å²) in [6.07, 6.45) is -0.191. The molecule has 19 heavy (non-hydrogen) atoms. The zero-order chi connectivity index (χ0) is 14.0. The lowest BCUT2D eigenvalue weighted by Gasteiger charge is -2.05. The highest BCUT2D eigenvalue weighted by molar-refractivity contribution is 6.31. The quantitative estimate of drug-likeness (QED) is 0.764. The Labute approximate surface area is 114 Å². The van der Waals surface area contributed by atoms with Crippen LogP contribution >= 0.6 is 11.6 Å². The zero-order valence-electron chi connectivity index (χ0n) is 10.2. The van der Waals surface area contributed by atoms with E-state index in [1.807, 2.05) is 6.92 Å². The van der Waals surface area contributed by atoms with Crippen molar-refractivity contribution in [2.24, 2.45) is 0 Å². The van der Waals surface area contributed by atoms with Gasteiger partial charge in [-0.25, -0.2) is 8.78 Å². The van der Waals surface area contributed by atoms with Crippen LogP contribution in [0.5, 0.6) is 0 Å². The van der Waals surface area contributed by atoms with E-state index in [9.17, 15) is 13.6 Å². The van der Waals surface area contributed by atoms with Crippen LogP contribution in [0.1, 0.15) is 21.5 Å². The number of Topliss-reactive ketones (excluding diaryl/α,β-unsaturated/α-hetero) is 1. The monoisotopic (exact) mass is 280 g/mol. The second kappa shape index (κ2) is 5.49. The minimum absolute atomic E-state index is 0.0441. The van der Waals surface area contributed by atoms with E-state index >= 15 is 0 Å². The van der Waals surface area contributed by atoms with Gasteiger partial charge in [0.05, 0.1) is 0 Å². The molecule has 0 bridgehead atoms. The van der Waals surface area contributed by atoms with Crippen molar-refractivity contribution in [3.05, 3.63) is 69.7 Å². The van der Waals surface area contributed by atoms with Crippen LogP contribution in [0.15, 0.2) is 36.4 Å². The molecule has 0 aromatic heterocycles. The summed E-state index contributed by atoms with van der Waals surface area (Å²) >= 11 is 5.87. The minimum Gasteiger partial charge on any atom is -0.294 e. The van der Waals surface area contributed by atoms with Crippen LogP contribution in [0.3, 0.4) is 0 Å². The lowest BCUT2D eigenvalue weighted by atomic mass is 10.0. The number of rotatable bonds is 3. The lowest BCUT2D eigenvalue weighted by molar-refractivity contribution is 0.0991. The summed E-state index contributed by atoms with van der Waals surface area (Å²) in [5.74, 6) is -2.22. The molecule has 0 saturated carbocycles. The number of hydrogen-bond donors (Lipinski definition) is 0. The predicted octanol–water partition coefficient (Wildman–Crippen LogP) is 4.35. The van der Waals surface area contributed by atoms with Gasteiger partial charge < -0.3 is 0 Å². The summed E-state index contributed by atoms with van der Waals surface area (Å²) in [5.41, 5.74) is 1.28. The van der Waals surface area contributed by atoms with Gasteiger partial charge in [-0.3, -0.25) is 4.79 Å². The van der Waals surface area contributed by atoms with E-state index in [2.05, 4.69) is 0 Å². The molecule has 0 saturated heterocycles. The normalized spacial score (nSPS) is 10.5. The molecule has 0 unspecified atom stereocenters. The molecule has 0 aliphatic rings. The van der Waals surface area contributed by atoms with Crippen LogP contribution in [0.4, 0.5) is 8.78 Å². The number of carbonyl (C=O) groups excluding carboxylic acids is 1. The van der Waals surface area contributed by atoms with Gasteiger partial charge in [0.2, 0.25) is 0 Å². The van der Waals surface area contributed by atoms with E-state index in [1.165, 1.54) is 18.2 Å². The molecule has 0 atom stereocenters. The van der Waals surface area contributed by atoms with Gasteiger partial charge in [0.15, 0.2) is 17.4 Å². The molecule has 98 valence electrons. The summed E-state index contributed by atoms with van der Waals surface area (Å²) in [7, 11) is 0. The van der Waals surface area contributed by atoms with Gasteiger partial charge in [0, 0.05) is 17.0 Å². The lowest BCUT2D eigenvalue weighted by Crippen LogP contribution is -2.06. The van der Waals surface area contributed by atoms with Crippen LogP contribution in [0, 0.1) is 18.6 Å². The first-order valence-electron chi connectivity index (χ1n) is 5.70. The molecule has 0 aliphatic heterocycles. The summed E-state index contributed by atoms with van der Waals surface area (Å²) in [4.78, 5) is 12.0. The number of aryl methyl sites for hydroxylation is 1. The van der Waals surface area contributed by atoms with E-state index in [1.54, 1.807) is 12.1 Å². The molecule has 0 radical (unpaired) electrons. The Bertz CT molecular complexity index is 618. The Morgan fingerprint density at radius 3 is 2.63 bits per heavy atom. The van der Waals surface area contributed by atoms with Gasteiger partial charge in [0.1, 0.15) is 0 Å². The second-order valence-corrected chi connectivity index (χ2v) is 4.77. The third-order valence-corrected chi connectivity index (χ3v) is 2.96. The highest BCUT2D eigenvalue weighted by Gasteiger charge is 2.13. The summed E-state index contributed by atoms with van der Waals surface area (Å²) in [6, 6.07) is 8.71. The van der Waals surface area contributed by atoms with Crippen LogP contribution in [-0.2, 0) is 6.42 Å². The average molecular weight is 281 g/mol. The Kier molecular flexibility index (Phi) is 3.96. The molecule has 0 N–H and O–H groups in total. The molecule has 0 fully saturated rings. The van der Waals surface area contributed by atoms with Crippen molar-refractivity contribution >= 4 is 17.4 Å². The van der Waals surface area contributed by atoms with Crippen molar-refractivity contribution in [3.8, 4) is 0 Å². The maximum Gasteiger partial charge on any atom is 0.167 e. The Morgan fingerprint density at radius 1 is 1.21 bits per heavy atom. The van der Waals surface area contributed by atoms with Crippen LogP contribution in [0.2, 0.25) is 5.02 Å². The van der Waals surface area contributed by atoms with E-state index < -0.39 is 11.6 Å². The first-order valence-corrected chi connectivity index (χ1v) is 6.08. The van der Waals surface area contributed by atoms with Crippen molar-refractivity contribution in [1.82, 2.24) is 0 Å². The molecule has 2 aromatic rings. The molecule has 2 rings (SSSR count). The smallest absolute Gasteiger partial charge is 0.167 e. The highest BCUT2D eigenvalue weighted by Crippen LogP contribution is 2.18. The number of halogens is 3. The number of hydrogen-bond acceptors (Lipinski definition) is 1. The Hall–Kier alpha value is -1.74. The van der Waals surface area contributed by atoms with Crippen molar-refractivity contribution in [2.75, 3.05) is 0 Å². The van der Waals surface area contributed by atoms with Crippen LogP contribution in [-0.4, -0.2) is 5.78 Å². The van der Waals surface area contributed by atoms with Gasteiger partial charge in [-0.2, -0.15) is 0 Å². The minimum atomic E-state index is -0.977. The third kappa shape index (κ3) is 3.18. The molecule has 4 heteroatoms. The molecule has 2 aromatic carbocycles. The van der Waals surface area contributed by atoms with Gasteiger partial charge in [-0.15, -0.1) is 0 Å². The fourth-order valence-electron chi connectivity index (χ4n) is 1.86. The maximum atomic E-state index is 13.5. The highest BCUT2D eigenvalue weighted by atomic mass is 35.5. The molecular formula is C15H11ClF2O. The van der Waals surface area contributed by atoms with Crippen molar-refractivity contribution in [2.45, 2.75) is 13.3 Å². The third-order valence-electron chi connectivity index (χ3n) is 2.75. The van der Waals surface area contributed by atoms with E-state index in [-0.39, 0.29) is 17.8 Å². The standard InChI is InChI=1S/C15H11ClF2O/c1-9-5-11(7-12(16)6-9)14(19)8-10-3-2-4-13(17)15(10)18/h2-7H,8H2,1H3. The van der Waals surface area contributed by atoms with E-state index in [0.717, 1.165) is 11.6 Å². The first-order chi connectivity index (χ1) is 8.97. The summed E-state index contributed by atoms with van der Waals surface area (Å²) < 4.78 is 26.5. The maximum absolute atomic E-state index is 13.5. The number of benzene rings is 2. The topological polar surface area (TPSA) is 17.1 Å². The predicted molar refractivity (Wildman–Crippen MR) is 70.6 cm³/mol. The summed E-state index contributed by atoms with van der Waals surface area (Å²) in [5, 5.41) is 0.447. The van der Waals surface area contributed by atoms with Gasteiger partial charge >= 0.3 is 0 Å². The Morgan fingerprint density at radius 2 is 1.95 bits per heavy atom. The van der Waals surface area contributed by atoms with E-state index in [0.29, 0.717) is 10.6 Å². The fraction of sp³-hybridized carbons (Fsp3) is 0.133. The van der Waals surface area contributed by atoms with Crippen LogP contribution < -0.4 is 0 Å². The van der Waals surface area contributed by atoms with Gasteiger partial charge in [0.25, 0.3) is 0 Å². The molecule has 0 aliphatic carbocycles. The summed E-state index contributed by atoms with van der Waals surface area (Å²) in [6.45, 7) is 1.81. The van der Waals surface area contributed by atoms with Crippen molar-refractivity contribution in [3.63, 3.8) is 0 Å². The van der Waals surface area contributed by atoms with Gasteiger partial charge in [-0.05, 0) is 42.3 Å². The number of carbonyl (C=O) groups is 1. The zero-order valence-corrected chi connectivity index (χ0v) is 11.0. The molecule has 1 nitrogen and oxygen atoms in total. The largest absolute Gasteiger partial charge is 0.294 e. The van der Waals surface area contributed by atoms with E-state index in [4.69, 9.17) is 11.6 Å². The molecular weight excluding hydrogens is 270 g/mol. The second-order valence-electron chi connectivity index (χ2n) is 4.33.